The molecule has 0 spiro atoms. The highest BCUT2D eigenvalue weighted by atomic mass is 127. The van der Waals surface area contributed by atoms with Crippen LogP contribution in [0.1, 0.15) is 67.9 Å². The summed E-state index contributed by atoms with van der Waals surface area (Å²) in [5.41, 5.74) is 4.91. The largest absolute Gasteiger partial charge is 0.471 e. The molecule has 63 heavy (non-hydrogen) atoms. The zero-order valence-electron chi connectivity index (χ0n) is 33.7. The second-order valence-corrected chi connectivity index (χ2v) is 16.0. The third-order valence-electron chi connectivity index (χ3n) is 10.4. The fourth-order valence-corrected chi connectivity index (χ4v) is 7.35. The molecule has 332 valence electrons. The highest BCUT2D eigenvalue weighted by Crippen LogP contribution is 2.34. The number of ether oxygens (including phenoxy) is 2. The van der Waals surface area contributed by atoms with Crippen LogP contribution in [0.2, 0.25) is 0 Å². The number of aliphatic hydroxyl groups is 4. The minimum absolute atomic E-state index is 0.0496. The SMILES string of the molecule is CC(Nc1ncnc2c1ncn2[C@H]1CC(O)[C@@H](CO)O1)c1ccc(C#CCNC(=O)C(F)(F)F)cc1.CC(Nc1ncnc2c1ncn2[C@H]1CC(O)[C@@H](CO)O1)c1ccc(I)cc1. The van der Waals surface area contributed by atoms with Gasteiger partial charge in [-0.15, -0.1) is 0 Å². The van der Waals surface area contributed by atoms with Crippen molar-refractivity contribution in [2.75, 3.05) is 30.4 Å². The van der Waals surface area contributed by atoms with Crippen molar-refractivity contribution in [2.24, 2.45) is 0 Å². The lowest BCUT2D eigenvalue weighted by atomic mass is 10.1. The molecule has 0 saturated carbocycles. The van der Waals surface area contributed by atoms with Gasteiger partial charge in [-0.2, -0.15) is 13.2 Å². The topological polar surface area (TPSA) is 240 Å². The van der Waals surface area contributed by atoms with Crippen LogP contribution in [0, 0.1) is 15.4 Å². The Bertz CT molecular complexity index is 2570. The third-order valence-corrected chi connectivity index (χ3v) is 11.1. The normalized spacial score (nSPS) is 21.9. The molecule has 18 nitrogen and oxygen atoms in total. The quantitative estimate of drug-likeness (QED) is 0.0720. The average molecular weight is 986 g/mol. The number of carbonyl (C=O) groups is 1. The van der Waals surface area contributed by atoms with Gasteiger partial charge in [0.05, 0.1) is 56.7 Å². The first-order valence-electron chi connectivity index (χ1n) is 19.7. The first-order chi connectivity index (χ1) is 30.2. The smallest absolute Gasteiger partial charge is 0.394 e. The molecule has 2 aliphatic heterocycles. The van der Waals surface area contributed by atoms with Crippen molar-refractivity contribution < 1.29 is 47.9 Å². The second kappa shape index (κ2) is 19.9. The second-order valence-electron chi connectivity index (χ2n) is 14.7. The number of carbonyl (C=O) groups excluding carboxylic acids is 1. The summed E-state index contributed by atoms with van der Waals surface area (Å²) >= 11 is 2.28. The van der Waals surface area contributed by atoms with E-state index in [0.717, 1.165) is 11.1 Å². The maximum atomic E-state index is 12.2. The van der Waals surface area contributed by atoms with Gasteiger partial charge in [-0.05, 0) is 71.8 Å². The Morgan fingerprint density at radius 3 is 1.67 bits per heavy atom. The maximum absolute atomic E-state index is 12.2. The molecule has 0 radical (unpaired) electrons. The molecule has 0 bridgehead atoms. The Hall–Kier alpha value is -5.55. The van der Waals surface area contributed by atoms with Crippen molar-refractivity contribution in [2.45, 2.75) is 81.8 Å². The summed E-state index contributed by atoms with van der Waals surface area (Å²) in [6.07, 6.45) is -1.89. The summed E-state index contributed by atoms with van der Waals surface area (Å²) < 4.78 is 52.6. The number of hydrogen-bond acceptors (Lipinski definition) is 15. The van der Waals surface area contributed by atoms with Gasteiger partial charge in [-0.1, -0.05) is 36.1 Å². The van der Waals surface area contributed by atoms with Gasteiger partial charge in [0.15, 0.2) is 34.0 Å². The number of hydrogen-bond donors (Lipinski definition) is 7. The molecule has 6 aromatic rings. The monoisotopic (exact) mass is 985 g/mol. The van der Waals surface area contributed by atoms with E-state index in [2.05, 4.69) is 106 Å². The van der Waals surface area contributed by atoms with Crippen molar-refractivity contribution in [3.8, 4) is 11.8 Å². The van der Waals surface area contributed by atoms with E-state index in [0.29, 0.717) is 52.4 Å². The van der Waals surface area contributed by atoms with Crippen LogP contribution in [0.15, 0.2) is 73.8 Å². The van der Waals surface area contributed by atoms with Crippen LogP contribution in [0.4, 0.5) is 24.8 Å². The molecule has 22 heteroatoms. The van der Waals surface area contributed by atoms with Crippen LogP contribution in [0.5, 0.6) is 0 Å². The van der Waals surface area contributed by atoms with Crippen molar-refractivity contribution in [1.29, 1.82) is 0 Å². The lowest BCUT2D eigenvalue weighted by molar-refractivity contribution is -0.173. The number of aliphatic hydroxyl groups excluding tert-OH is 4. The van der Waals surface area contributed by atoms with Crippen LogP contribution < -0.4 is 16.0 Å². The van der Waals surface area contributed by atoms with Crippen molar-refractivity contribution in [3.05, 3.63) is 94.1 Å². The van der Waals surface area contributed by atoms with Gasteiger partial charge in [0.1, 0.15) is 37.3 Å². The van der Waals surface area contributed by atoms with Crippen LogP contribution in [0.3, 0.4) is 0 Å². The van der Waals surface area contributed by atoms with Gasteiger partial charge in [0, 0.05) is 22.0 Å². The van der Waals surface area contributed by atoms with E-state index in [1.165, 1.54) is 16.2 Å². The number of fused-ring (bicyclic) bond motifs is 2. The fraction of sp³-hybridized carbons (Fsp3) is 0.390. The zero-order valence-corrected chi connectivity index (χ0v) is 35.8. The molecule has 6 heterocycles. The molecule has 4 unspecified atom stereocenters. The van der Waals surface area contributed by atoms with Gasteiger partial charge >= 0.3 is 12.1 Å². The Balaban J connectivity index is 0.000000196. The lowest BCUT2D eigenvalue weighted by Crippen LogP contribution is -2.36. The molecule has 8 rings (SSSR count). The molecule has 2 aromatic carbocycles. The molecule has 0 aliphatic carbocycles. The summed E-state index contributed by atoms with van der Waals surface area (Å²) in [7, 11) is 0. The van der Waals surface area contributed by atoms with Gasteiger partial charge in [0.2, 0.25) is 0 Å². The molecule has 2 aliphatic rings. The van der Waals surface area contributed by atoms with Crippen molar-refractivity contribution >= 4 is 62.5 Å². The van der Waals surface area contributed by atoms with Gasteiger partial charge < -0.3 is 45.9 Å². The van der Waals surface area contributed by atoms with E-state index in [4.69, 9.17) is 9.47 Å². The predicted molar refractivity (Wildman–Crippen MR) is 230 cm³/mol. The highest BCUT2D eigenvalue weighted by molar-refractivity contribution is 14.1. The minimum atomic E-state index is -4.93. The lowest BCUT2D eigenvalue weighted by Gasteiger charge is -2.16. The van der Waals surface area contributed by atoms with Gasteiger partial charge in [-0.25, -0.2) is 29.9 Å². The number of benzene rings is 2. The van der Waals surface area contributed by atoms with E-state index in [9.17, 15) is 38.4 Å². The Kier molecular flexibility index (Phi) is 14.3. The van der Waals surface area contributed by atoms with Crippen molar-refractivity contribution in [1.82, 2.24) is 44.4 Å². The summed E-state index contributed by atoms with van der Waals surface area (Å²) in [5.74, 6) is 4.29. The number of rotatable bonds is 11. The number of nitrogens with zero attached hydrogens (tertiary/aromatic N) is 8. The van der Waals surface area contributed by atoms with E-state index in [1.807, 2.05) is 19.1 Å². The van der Waals surface area contributed by atoms with E-state index in [1.54, 1.807) is 39.2 Å². The molecule has 1 amide bonds. The summed E-state index contributed by atoms with van der Waals surface area (Å²) in [6.45, 7) is 3.05. The standard InChI is InChI=1S/C23H23F3N6O4.C18H20IN5O3/c1-13(15-6-4-14(5-7-15)3-2-8-27-22(35)23(24,25)26)31-20-19-21(29-11-28-20)32(12-30-19)18-9-16(34)17(10-33)36-18;1-10(11-2-4-12(19)5-3-11)23-17-16-18(21-8-20-17)24(9-22-16)15-6-13(26)14(7-25)27-15/h4-7,11-13,16-18,33-34H,8-10H2,1H3,(H,27,35)(H,28,29,31);2-5,8-10,13-15,25-26H,6-7H2,1H3,(H,20,21,23)/t13?,16?,17-,18-;10?,13?,14-,15-/m11/s1. The number of amides is 1. The first kappa shape index (κ1) is 45.5. The van der Waals surface area contributed by atoms with Crippen LogP contribution in [-0.4, -0.2) is 116 Å². The Morgan fingerprint density at radius 1 is 0.778 bits per heavy atom. The average Bonchev–Trinajstić information content (AvgIpc) is 4.07. The number of aromatic nitrogens is 8. The van der Waals surface area contributed by atoms with Crippen LogP contribution in [-0.2, 0) is 14.3 Å². The molecular weight excluding hydrogens is 942 g/mol. The summed E-state index contributed by atoms with van der Waals surface area (Å²) in [6, 6.07) is 15.2. The fourth-order valence-electron chi connectivity index (χ4n) is 6.99. The van der Waals surface area contributed by atoms with E-state index >= 15 is 0 Å². The molecule has 8 atom stereocenters. The van der Waals surface area contributed by atoms with Crippen LogP contribution in [0.25, 0.3) is 22.3 Å². The van der Waals surface area contributed by atoms with Crippen LogP contribution >= 0.6 is 22.6 Å². The van der Waals surface area contributed by atoms with Crippen molar-refractivity contribution in [3.63, 3.8) is 0 Å². The molecule has 2 saturated heterocycles. The molecule has 7 N–H and O–H groups in total. The molecule has 2 fully saturated rings. The summed E-state index contributed by atoms with van der Waals surface area (Å²) in [4.78, 5) is 36.9. The molecule has 4 aromatic heterocycles. The Labute approximate surface area is 371 Å². The van der Waals surface area contributed by atoms with E-state index < -0.39 is 55.5 Å². The zero-order chi connectivity index (χ0) is 44.8. The number of nitrogens with one attached hydrogen (secondary N) is 3. The summed E-state index contributed by atoms with van der Waals surface area (Å²) in [5, 5.41) is 47.0. The maximum Gasteiger partial charge on any atom is 0.471 e. The number of halogens is 4. The Morgan fingerprint density at radius 2 is 1.24 bits per heavy atom. The van der Waals surface area contributed by atoms with Gasteiger partial charge in [-0.3, -0.25) is 13.9 Å². The third kappa shape index (κ3) is 10.6. The minimum Gasteiger partial charge on any atom is -0.394 e. The number of alkyl halides is 3. The first-order valence-corrected chi connectivity index (χ1v) is 20.8. The number of anilines is 2. The highest BCUT2D eigenvalue weighted by Gasteiger charge is 2.38. The predicted octanol–water partition coefficient (Wildman–Crippen LogP) is 3.91. The molecular formula is C41H43F3IN11O7. The van der Waals surface area contributed by atoms with E-state index in [-0.39, 0.29) is 25.3 Å². The number of imidazole rings is 2. The van der Waals surface area contributed by atoms with Gasteiger partial charge in [0.25, 0.3) is 0 Å².